The van der Waals surface area contributed by atoms with Gasteiger partial charge in [0.05, 0.1) is 16.4 Å². The number of aryl methyl sites for hydroxylation is 1. The van der Waals surface area contributed by atoms with Gasteiger partial charge in [0.2, 0.25) is 0 Å². The van der Waals surface area contributed by atoms with Crippen molar-refractivity contribution in [1.29, 1.82) is 0 Å². The Morgan fingerprint density at radius 1 is 1.28 bits per heavy atom. The van der Waals surface area contributed by atoms with Crippen LogP contribution >= 0.6 is 11.6 Å². The first-order chi connectivity index (χ1) is 8.65. The van der Waals surface area contributed by atoms with Crippen LogP contribution in [0.4, 0.5) is 0 Å². The number of aromatic nitrogens is 2. The molecule has 1 aromatic heterocycles. The summed E-state index contributed by atoms with van der Waals surface area (Å²) in [6, 6.07) is 7.76. The van der Waals surface area contributed by atoms with Gasteiger partial charge in [-0.3, -0.25) is 0 Å². The Morgan fingerprint density at radius 2 is 2.00 bits per heavy atom. The van der Waals surface area contributed by atoms with E-state index in [4.69, 9.17) is 17.3 Å². The molecular formula is C14H18ClN3. The van der Waals surface area contributed by atoms with E-state index in [1.807, 2.05) is 35.9 Å². The van der Waals surface area contributed by atoms with Crippen molar-refractivity contribution in [3.63, 3.8) is 0 Å². The molecule has 2 rings (SSSR count). The highest BCUT2D eigenvalue weighted by molar-refractivity contribution is 6.32. The third-order valence-electron chi connectivity index (χ3n) is 3.15. The Kier molecular flexibility index (Phi) is 4.04. The highest BCUT2D eigenvalue weighted by Gasteiger charge is 2.13. The predicted octanol–water partition coefficient (Wildman–Crippen LogP) is 3.03. The second-order valence-corrected chi connectivity index (χ2v) is 4.81. The van der Waals surface area contributed by atoms with Gasteiger partial charge in [0.1, 0.15) is 0 Å². The number of para-hydroxylation sites is 1. The van der Waals surface area contributed by atoms with Gasteiger partial charge in [-0.1, -0.05) is 23.7 Å². The van der Waals surface area contributed by atoms with Crippen molar-refractivity contribution in [3.05, 3.63) is 46.2 Å². The molecule has 18 heavy (non-hydrogen) atoms. The van der Waals surface area contributed by atoms with Gasteiger partial charge in [-0.15, -0.1) is 0 Å². The van der Waals surface area contributed by atoms with Crippen molar-refractivity contribution in [2.45, 2.75) is 26.7 Å². The molecule has 4 heteroatoms. The predicted molar refractivity (Wildman–Crippen MR) is 75.4 cm³/mol. The molecule has 0 aliphatic carbocycles. The summed E-state index contributed by atoms with van der Waals surface area (Å²) in [5, 5.41) is 5.30. The van der Waals surface area contributed by atoms with Crippen LogP contribution in [0.3, 0.4) is 0 Å². The van der Waals surface area contributed by atoms with Crippen LogP contribution in [0.1, 0.15) is 23.4 Å². The Hall–Kier alpha value is -1.32. The van der Waals surface area contributed by atoms with E-state index in [0.29, 0.717) is 11.6 Å². The molecule has 0 spiro atoms. The summed E-state index contributed by atoms with van der Waals surface area (Å²) in [5.74, 6) is 0. The lowest BCUT2D eigenvalue weighted by Gasteiger charge is -2.07. The monoisotopic (exact) mass is 263 g/mol. The van der Waals surface area contributed by atoms with Gasteiger partial charge in [-0.05, 0) is 50.9 Å². The fourth-order valence-electron chi connectivity index (χ4n) is 2.17. The summed E-state index contributed by atoms with van der Waals surface area (Å²) in [5.41, 5.74) is 9.98. The van der Waals surface area contributed by atoms with Crippen molar-refractivity contribution in [2.75, 3.05) is 6.54 Å². The molecule has 1 heterocycles. The SMILES string of the molecule is Cc1nn(-c2ccccc2Cl)c(C)c1CCCN. The second-order valence-electron chi connectivity index (χ2n) is 4.40. The van der Waals surface area contributed by atoms with Gasteiger partial charge in [0, 0.05) is 5.69 Å². The molecular weight excluding hydrogens is 246 g/mol. The maximum absolute atomic E-state index is 6.22. The van der Waals surface area contributed by atoms with E-state index in [0.717, 1.165) is 29.9 Å². The van der Waals surface area contributed by atoms with Gasteiger partial charge in [-0.25, -0.2) is 4.68 Å². The maximum Gasteiger partial charge on any atom is 0.0835 e. The Morgan fingerprint density at radius 3 is 2.67 bits per heavy atom. The average molecular weight is 264 g/mol. The third kappa shape index (κ3) is 2.42. The summed E-state index contributed by atoms with van der Waals surface area (Å²) in [4.78, 5) is 0. The van der Waals surface area contributed by atoms with Crippen molar-refractivity contribution < 1.29 is 0 Å². The van der Waals surface area contributed by atoms with E-state index in [-0.39, 0.29) is 0 Å². The molecule has 0 saturated carbocycles. The number of halogens is 1. The van der Waals surface area contributed by atoms with Crippen LogP contribution in [0.2, 0.25) is 5.02 Å². The molecule has 0 amide bonds. The first kappa shape index (κ1) is 13.1. The molecule has 2 aromatic rings. The maximum atomic E-state index is 6.22. The van der Waals surface area contributed by atoms with E-state index in [9.17, 15) is 0 Å². The summed E-state index contributed by atoms with van der Waals surface area (Å²) in [6.07, 6.45) is 1.95. The summed E-state index contributed by atoms with van der Waals surface area (Å²) < 4.78 is 1.92. The van der Waals surface area contributed by atoms with Crippen LogP contribution in [0, 0.1) is 13.8 Å². The van der Waals surface area contributed by atoms with Crippen molar-refractivity contribution in [3.8, 4) is 5.69 Å². The number of hydrogen-bond acceptors (Lipinski definition) is 2. The topological polar surface area (TPSA) is 43.8 Å². The molecule has 0 atom stereocenters. The summed E-state index contributed by atoms with van der Waals surface area (Å²) in [7, 11) is 0. The highest BCUT2D eigenvalue weighted by Crippen LogP contribution is 2.24. The normalized spacial score (nSPS) is 10.9. The number of nitrogens with zero attached hydrogens (tertiary/aromatic N) is 2. The number of hydrogen-bond donors (Lipinski definition) is 1. The molecule has 0 aliphatic rings. The Labute approximate surface area is 113 Å². The molecule has 1 aromatic carbocycles. The molecule has 0 fully saturated rings. The number of rotatable bonds is 4. The van der Waals surface area contributed by atoms with E-state index in [2.05, 4.69) is 12.0 Å². The fourth-order valence-corrected chi connectivity index (χ4v) is 2.39. The minimum absolute atomic E-state index is 0.705. The molecule has 0 unspecified atom stereocenters. The first-order valence-electron chi connectivity index (χ1n) is 6.15. The minimum atomic E-state index is 0.705. The summed E-state index contributed by atoms with van der Waals surface area (Å²) >= 11 is 6.22. The molecule has 0 radical (unpaired) electrons. The Bertz CT molecular complexity index is 546. The van der Waals surface area contributed by atoms with Crippen LogP contribution in [-0.2, 0) is 6.42 Å². The second kappa shape index (κ2) is 5.55. The average Bonchev–Trinajstić information content (AvgIpc) is 2.63. The van der Waals surface area contributed by atoms with Gasteiger partial charge < -0.3 is 5.73 Å². The van der Waals surface area contributed by atoms with Crippen LogP contribution in [-0.4, -0.2) is 16.3 Å². The third-order valence-corrected chi connectivity index (χ3v) is 3.47. The first-order valence-corrected chi connectivity index (χ1v) is 6.53. The van der Waals surface area contributed by atoms with Gasteiger partial charge >= 0.3 is 0 Å². The largest absolute Gasteiger partial charge is 0.330 e. The van der Waals surface area contributed by atoms with Crippen LogP contribution in [0.15, 0.2) is 24.3 Å². The number of nitrogens with two attached hydrogens (primary N) is 1. The van der Waals surface area contributed by atoms with Gasteiger partial charge in [-0.2, -0.15) is 5.10 Å². The Balaban J connectivity index is 2.44. The van der Waals surface area contributed by atoms with E-state index in [1.165, 1.54) is 5.56 Å². The zero-order valence-corrected chi connectivity index (χ0v) is 11.5. The van der Waals surface area contributed by atoms with Gasteiger partial charge in [0.25, 0.3) is 0 Å². The lowest BCUT2D eigenvalue weighted by atomic mass is 10.1. The molecule has 96 valence electrons. The fraction of sp³-hybridized carbons (Fsp3) is 0.357. The highest BCUT2D eigenvalue weighted by atomic mass is 35.5. The van der Waals surface area contributed by atoms with Crippen molar-refractivity contribution >= 4 is 11.6 Å². The molecule has 0 saturated heterocycles. The van der Waals surface area contributed by atoms with Crippen LogP contribution in [0.25, 0.3) is 5.69 Å². The zero-order valence-electron chi connectivity index (χ0n) is 10.8. The quantitative estimate of drug-likeness (QED) is 0.921. The smallest absolute Gasteiger partial charge is 0.0835 e. The van der Waals surface area contributed by atoms with Crippen molar-refractivity contribution in [1.82, 2.24) is 9.78 Å². The standard InChI is InChI=1S/C14H18ClN3/c1-10-12(6-5-9-16)11(2)18(17-10)14-8-4-3-7-13(14)15/h3-4,7-8H,5-6,9,16H2,1-2H3. The lowest BCUT2D eigenvalue weighted by molar-refractivity contribution is 0.815. The van der Waals surface area contributed by atoms with E-state index < -0.39 is 0 Å². The molecule has 0 aliphatic heterocycles. The van der Waals surface area contributed by atoms with Crippen LogP contribution in [0.5, 0.6) is 0 Å². The zero-order chi connectivity index (χ0) is 13.1. The molecule has 2 N–H and O–H groups in total. The summed E-state index contributed by atoms with van der Waals surface area (Å²) in [6.45, 7) is 4.82. The van der Waals surface area contributed by atoms with Crippen molar-refractivity contribution in [2.24, 2.45) is 5.73 Å². The van der Waals surface area contributed by atoms with Crippen LogP contribution < -0.4 is 5.73 Å². The lowest BCUT2D eigenvalue weighted by Crippen LogP contribution is -2.03. The minimum Gasteiger partial charge on any atom is -0.330 e. The van der Waals surface area contributed by atoms with E-state index >= 15 is 0 Å². The van der Waals surface area contributed by atoms with E-state index in [1.54, 1.807) is 0 Å². The number of benzene rings is 1. The van der Waals surface area contributed by atoms with Gasteiger partial charge in [0.15, 0.2) is 0 Å². The molecule has 3 nitrogen and oxygen atoms in total. The molecule has 0 bridgehead atoms.